The zero-order valence-corrected chi connectivity index (χ0v) is 11.1. The smallest absolute Gasteiger partial charge is 0.201 e. The van der Waals surface area contributed by atoms with Crippen LogP contribution in [0.3, 0.4) is 0 Å². The van der Waals surface area contributed by atoms with Gasteiger partial charge in [0.15, 0.2) is 0 Å². The molecule has 6 nitrogen and oxygen atoms in total. The van der Waals surface area contributed by atoms with E-state index in [9.17, 15) is 0 Å². The van der Waals surface area contributed by atoms with E-state index < -0.39 is 0 Å². The van der Waals surface area contributed by atoms with Crippen molar-refractivity contribution in [3.05, 3.63) is 12.7 Å². The molecule has 0 aliphatic rings. The second kappa shape index (κ2) is 6.28. The number of hydrogen-bond donors (Lipinski definition) is 0. The molecular weight excluding hydrogens is 228 g/mol. The molecule has 2 aromatic rings. The maximum atomic E-state index is 4.17. The van der Waals surface area contributed by atoms with Crippen molar-refractivity contribution in [2.75, 3.05) is 0 Å². The zero-order chi connectivity index (χ0) is 12.8. The molecule has 0 N–H and O–H groups in total. The zero-order valence-electron chi connectivity index (χ0n) is 11.1. The van der Waals surface area contributed by atoms with Crippen molar-refractivity contribution in [3.8, 4) is 11.6 Å². The van der Waals surface area contributed by atoms with Crippen molar-refractivity contribution in [1.29, 1.82) is 0 Å². The molecule has 2 rings (SSSR count). The van der Waals surface area contributed by atoms with Gasteiger partial charge in [-0.25, -0.2) is 0 Å². The Balaban J connectivity index is 2.20. The summed E-state index contributed by atoms with van der Waals surface area (Å²) in [4.78, 5) is 0. The fourth-order valence-corrected chi connectivity index (χ4v) is 1.84. The van der Waals surface area contributed by atoms with Gasteiger partial charge < -0.3 is 9.13 Å². The molecule has 98 valence electrons. The molecule has 0 saturated heterocycles. The van der Waals surface area contributed by atoms with Crippen LogP contribution in [0.5, 0.6) is 0 Å². The van der Waals surface area contributed by atoms with Gasteiger partial charge in [0.25, 0.3) is 0 Å². The quantitative estimate of drug-likeness (QED) is 0.753. The van der Waals surface area contributed by atoms with Gasteiger partial charge in [0, 0.05) is 13.1 Å². The molecule has 2 heterocycles. The predicted molar refractivity (Wildman–Crippen MR) is 68.9 cm³/mol. The SMILES string of the molecule is CCCCn1cnnc1-c1nncn1CCCC. The van der Waals surface area contributed by atoms with Gasteiger partial charge in [0.05, 0.1) is 0 Å². The molecule has 0 radical (unpaired) electrons. The number of nitrogens with zero attached hydrogens (tertiary/aromatic N) is 6. The average Bonchev–Trinajstić information content (AvgIpc) is 3.01. The van der Waals surface area contributed by atoms with Gasteiger partial charge in [-0.3, -0.25) is 0 Å². The highest BCUT2D eigenvalue weighted by Crippen LogP contribution is 2.14. The third-order valence-electron chi connectivity index (χ3n) is 2.94. The fraction of sp³-hybridized carbons (Fsp3) is 0.667. The minimum Gasteiger partial charge on any atom is -0.311 e. The first-order chi connectivity index (χ1) is 8.86. The molecule has 2 aromatic heterocycles. The summed E-state index contributed by atoms with van der Waals surface area (Å²) in [7, 11) is 0. The maximum Gasteiger partial charge on any atom is 0.201 e. The van der Waals surface area contributed by atoms with Crippen molar-refractivity contribution in [1.82, 2.24) is 29.5 Å². The van der Waals surface area contributed by atoms with Gasteiger partial charge in [0.2, 0.25) is 11.6 Å². The van der Waals surface area contributed by atoms with Crippen LogP contribution < -0.4 is 0 Å². The Labute approximate surface area is 107 Å². The topological polar surface area (TPSA) is 61.4 Å². The summed E-state index contributed by atoms with van der Waals surface area (Å²) in [6.07, 6.45) is 8.08. The Morgan fingerprint density at radius 2 is 1.28 bits per heavy atom. The lowest BCUT2D eigenvalue weighted by Crippen LogP contribution is -2.05. The molecule has 0 spiro atoms. The molecule has 0 aliphatic carbocycles. The highest BCUT2D eigenvalue weighted by molar-refractivity contribution is 5.42. The highest BCUT2D eigenvalue weighted by atomic mass is 15.3. The third-order valence-corrected chi connectivity index (χ3v) is 2.94. The van der Waals surface area contributed by atoms with Crippen LogP contribution >= 0.6 is 0 Å². The van der Waals surface area contributed by atoms with Gasteiger partial charge in [-0.1, -0.05) is 26.7 Å². The summed E-state index contributed by atoms with van der Waals surface area (Å²) in [6.45, 7) is 6.21. The lowest BCUT2D eigenvalue weighted by molar-refractivity contribution is 0.612. The second-order valence-electron chi connectivity index (χ2n) is 4.40. The Hall–Kier alpha value is -1.72. The van der Waals surface area contributed by atoms with Crippen LogP contribution in [0, 0.1) is 0 Å². The molecule has 18 heavy (non-hydrogen) atoms. The first-order valence-electron chi connectivity index (χ1n) is 6.62. The lowest BCUT2D eigenvalue weighted by Gasteiger charge is -2.07. The van der Waals surface area contributed by atoms with E-state index in [4.69, 9.17) is 0 Å². The van der Waals surface area contributed by atoms with Crippen LogP contribution in [0.4, 0.5) is 0 Å². The summed E-state index contributed by atoms with van der Waals surface area (Å²) in [5.41, 5.74) is 0. The van der Waals surface area contributed by atoms with E-state index in [0.717, 1.165) is 50.4 Å². The predicted octanol–water partition coefficient (Wildman–Crippen LogP) is 2.14. The molecule has 0 aromatic carbocycles. The molecule has 0 unspecified atom stereocenters. The highest BCUT2D eigenvalue weighted by Gasteiger charge is 2.13. The number of unbranched alkanes of at least 4 members (excludes halogenated alkanes) is 2. The van der Waals surface area contributed by atoms with E-state index in [-0.39, 0.29) is 0 Å². The van der Waals surface area contributed by atoms with E-state index >= 15 is 0 Å². The molecule has 6 heteroatoms. The molecule has 0 amide bonds. The number of aromatic nitrogens is 6. The Morgan fingerprint density at radius 3 is 1.67 bits per heavy atom. The minimum atomic E-state index is 0.817. The van der Waals surface area contributed by atoms with Gasteiger partial charge in [-0.2, -0.15) is 0 Å². The fourth-order valence-electron chi connectivity index (χ4n) is 1.84. The van der Waals surface area contributed by atoms with E-state index in [1.165, 1.54) is 0 Å². The summed E-state index contributed by atoms with van der Waals surface area (Å²) >= 11 is 0. The Bertz CT molecular complexity index is 428. The Kier molecular flexibility index (Phi) is 4.44. The monoisotopic (exact) mass is 248 g/mol. The van der Waals surface area contributed by atoms with Crippen LogP contribution in [-0.2, 0) is 13.1 Å². The number of rotatable bonds is 7. The standard InChI is InChI=1S/C12H20N6/c1-3-5-7-17-9-13-15-11(17)12-16-14-10-18(12)8-6-4-2/h9-10H,3-8H2,1-2H3. The molecule has 0 aliphatic heterocycles. The normalized spacial score (nSPS) is 11.0. The van der Waals surface area contributed by atoms with Crippen LogP contribution in [0.25, 0.3) is 11.6 Å². The lowest BCUT2D eigenvalue weighted by atomic mass is 10.3. The molecule has 0 atom stereocenters. The largest absolute Gasteiger partial charge is 0.311 e. The molecular formula is C12H20N6. The van der Waals surface area contributed by atoms with Gasteiger partial charge in [0.1, 0.15) is 12.7 Å². The minimum absolute atomic E-state index is 0.817. The average molecular weight is 248 g/mol. The van der Waals surface area contributed by atoms with Crippen LogP contribution in [0.2, 0.25) is 0 Å². The van der Waals surface area contributed by atoms with Crippen molar-refractivity contribution < 1.29 is 0 Å². The number of aryl methyl sites for hydroxylation is 2. The second-order valence-corrected chi connectivity index (χ2v) is 4.40. The van der Waals surface area contributed by atoms with Crippen molar-refractivity contribution in [3.63, 3.8) is 0 Å². The molecule has 0 saturated carbocycles. The van der Waals surface area contributed by atoms with Gasteiger partial charge in [-0.05, 0) is 12.8 Å². The van der Waals surface area contributed by atoms with Crippen LogP contribution in [0.1, 0.15) is 39.5 Å². The Morgan fingerprint density at radius 1 is 0.833 bits per heavy atom. The van der Waals surface area contributed by atoms with E-state index in [1.807, 2.05) is 0 Å². The first kappa shape index (κ1) is 12.7. The summed E-state index contributed by atoms with van der Waals surface area (Å²) in [5, 5.41) is 16.3. The van der Waals surface area contributed by atoms with Crippen molar-refractivity contribution in [2.24, 2.45) is 0 Å². The van der Waals surface area contributed by atoms with Gasteiger partial charge in [-0.15, -0.1) is 20.4 Å². The third kappa shape index (κ3) is 2.75. The molecule has 0 fully saturated rings. The van der Waals surface area contributed by atoms with E-state index in [2.05, 4.69) is 43.4 Å². The number of hydrogen-bond acceptors (Lipinski definition) is 4. The molecule has 0 bridgehead atoms. The van der Waals surface area contributed by atoms with Crippen molar-refractivity contribution in [2.45, 2.75) is 52.6 Å². The summed E-state index contributed by atoms with van der Waals surface area (Å²) in [5.74, 6) is 1.63. The first-order valence-corrected chi connectivity index (χ1v) is 6.62. The van der Waals surface area contributed by atoms with E-state index in [0.29, 0.717) is 0 Å². The van der Waals surface area contributed by atoms with E-state index in [1.54, 1.807) is 12.7 Å². The van der Waals surface area contributed by atoms with Crippen LogP contribution in [0.15, 0.2) is 12.7 Å². The summed E-state index contributed by atoms with van der Waals surface area (Å²) in [6, 6.07) is 0. The van der Waals surface area contributed by atoms with Crippen molar-refractivity contribution >= 4 is 0 Å². The maximum absolute atomic E-state index is 4.17. The van der Waals surface area contributed by atoms with Gasteiger partial charge >= 0.3 is 0 Å². The summed E-state index contributed by atoms with van der Waals surface area (Å²) < 4.78 is 4.10. The van der Waals surface area contributed by atoms with Crippen LogP contribution in [-0.4, -0.2) is 29.5 Å².